The van der Waals surface area contributed by atoms with Gasteiger partial charge in [0.25, 0.3) is 0 Å². The maximum absolute atomic E-state index is 6.15. The summed E-state index contributed by atoms with van der Waals surface area (Å²) in [6.45, 7) is 9.58. The van der Waals surface area contributed by atoms with Crippen molar-refractivity contribution in [3.63, 3.8) is 0 Å². The number of hydrogen-bond acceptors (Lipinski definition) is 3. The fraction of sp³-hybridized carbons (Fsp3) is 0.800. The average molecular weight is 264 g/mol. The molecule has 0 bridgehead atoms. The van der Waals surface area contributed by atoms with E-state index in [-0.39, 0.29) is 6.04 Å². The molecule has 0 aromatic carbocycles. The summed E-state index contributed by atoms with van der Waals surface area (Å²) in [7, 11) is 0. The van der Waals surface area contributed by atoms with Gasteiger partial charge in [-0.2, -0.15) is 5.10 Å². The lowest BCUT2D eigenvalue weighted by molar-refractivity contribution is 0.119. The monoisotopic (exact) mass is 264 g/mol. The predicted octanol–water partition coefficient (Wildman–Crippen LogP) is 2.17. The van der Waals surface area contributed by atoms with Gasteiger partial charge in [-0.3, -0.25) is 9.58 Å². The summed E-state index contributed by atoms with van der Waals surface area (Å²) in [5.41, 5.74) is 8.69. The van der Waals surface area contributed by atoms with Crippen LogP contribution in [0.3, 0.4) is 0 Å². The molecule has 2 heterocycles. The summed E-state index contributed by atoms with van der Waals surface area (Å²) in [6.07, 6.45) is 4.86. The van der Waals surface area contributed by atoms with Crippen molar-refractivity contribution in [3.05, 3.63) is 17.5 Å². The largest absolute Gasteiger partial charge is 0.327 e. The molecule has 2 N–H and O–H groups in total. The smallest absolute Gasteiger partial charge is 0.0625 e. The van der Waals surface area contributed by atoms with Crippen LogP contribution in [0.4, 0.5) is 0 Å². The summed E-state index contributed by atoms with van der Waals surface area (Å²) in [5.74, 6) is 0. The number of hydrogen-bond donors (Lipinski definition) is 1. The Morgan fingerprint density at radius 2 is 2.21 bits per heavy atom. The van der Waals surface area contributed by atoms with Crippen molar-refractivity contribution >= 4 is 0 Å². The number of aromatic nitrogens is 2. The Hall–Kier alpha value is -0.870. The molecule has 1 aliphatic rings. The summed E-state index contributed by atoms with van der Waals surface area (Å²) in [5, 5.41) is 4.64. The highest BCUT2D eigenvalue weighted by molar-refractivity contribution is 5.11. The molecule has 0 spiro atoms. The fourth-order valence-corrected chi connectivity index (χ4v) is 3.11. The van der Waals surface area contributed by atoms with Crippen LogP contribution in [0.25, 0.3) is 0 Å². The third-order valence-corrected chi connectivity index (χ3v) is 4.21. The molecule has 2 rings (SSSR count). The lowest BCUT2D eigenvalue weighted by Gasteiger charge is -2.38. The van der Waals surface area contributed by atoms with Crippen LogP contribution in [0.2, 0.25) is 0 Å². The Morgan fingerprint density at radius 1 is 1.42 bits per heavy atom. The summed E-state index contributed by atoms with van der Waals surface area (Å²) < 4.78 is 2.14. The van der Waals surface area contributed by atoms with E-state index < -0.39 is 0 Å². The van der Waals surface area contributed by atoms with Crippen molar-refractivity contribution in [3.8, 4) is 0 Å². The van der Waals surface area contributed by atoms with Crippen LogP contribution in [0.5, 0.6) is 0 Å². The number of likely N-dealkylation sites (tertiary alicyclic amines) is 1. The second-order valence-corrected chi connectivity index (χ2v) is 5.69. The molecule has 0 saturated carbocycles. The fourth-order valence-electron chi connectivity index (χ4n) is 3.11. The van der Waals surface area contributed by atoms with Crippen molar-refractivity contribution in [2.75, 3.05) is 6.54 Å². The Balaban J connectivity index is 2.12. The predicted molar refractivity (Wildman–Crippen MR) is 79.0 cm³/mol. The van der Waals surface area contributed by atoms with E-state index in [4.69, 9.17) is 5.73 Å². The van der Waals surface area contributed by atoms with Crippen LogP contribution in [-0.4, -0.2) is 33.3 Å². The van der Waals surface area contributed by atoms with E-state index in [2.05, 4.69) is 41.5 Å². The minimum absolute atomic E-state index is 0.254. The summed E-state index contributed by atoms with van der Waals surface area (Å²) >= 11 is 0. The minimum atomic E-state index is 0.254. The van der Waals surface area contributed by atoms with E-state index in [0.717, 1.165) is 19.5 Å². The quantitative estimate of drug-likeness (QED) is 0.886. The van der Waals surface area contributed by atoms with Crippen molar-refractivity contribution in [2.24, 2.45) is 5.73 Å². The number of piperidine rings is 1. The van der Waals surface area contributed by atoms with Gasteiger partial charge in [-0.1, -0.05) is 13.3 Å². The number of rotatable bonds is 5. The molecule has 1 aromatic rings. The Bertz CT molecular complexity index is 397. The average Bonchev–Trinajstić information content (AvgIpc) is 2.81. The van der Waals surface area contributed by atoms with Gasteiger partial charge >= 0.3 is 0 Å². The Morgan fingerprint density at radius 3 is 2.84 bits per heavy atom. The van der Waals surface area contributed by atoms with Gasteiger partial charge in [-0.15, -0.1) is 0 Å². The highest BCUT2D eigenvalue weighted by Gasteiger charge is 2.26. The van der Waals surface area contributed by atoms with E-state index in [1.54, 1.807) is 0 Å². The highest BCUT2D eigenvalue weighted by Crippen LogP contribution is 2.21. The maximum Gasteiger partial charge on any atom is 0.0625 e. The van der Waals surface area contributed by atoms with E-state index in [1.165, 1.54) is 37.2 Å². The minimum Gasteiger partial charge on any atom is -0.327 e. The zero-order valence-electron chi connectivity index (χ0n) is 12.6. The zero-order chi connectivity index (χ0) is 13.8. The lowest BCUT2D eigenvalue weighted by Crippen LogP contribution is -2.48. The highest BCUT2D eigenvalue weighted by atomic mass is 15.3. The first-order valence-electron chi connectivity index (χ1n) is 7.71. The van der Waals surface area contributed by atoms with E-state index in [0.29, 0.717) is 6.04 Å². The van der Waals surface area contributed by atoms with Gasteiger partial charge in [0.1, 0.15) is 0 Å². The molecule has 19 heavy (non-hydrogen) atoms. The van der Waals surface area contributed by atoms with Gasteiger partial charge in [-0.25, -0.2) is 0 Å². The molecule has 1 saturated heterocycles. The molecule has 1 aromatic heterocycles. The molecule has 1 aliphatic heterocycles. The van der Waals surface area contributed by atoms with Crippen molar-refractivity contribution in [1.29, 1.82) is 0 Å². The molecular weight excluding hydrogens is 236 g/mol. The molecule has 1 fully saturated rings. The summed E-state index contributed by atoms with van der Waals surface area (Å²) in [6, 6.07) is 3.04. The van der Waals surface area contributed by atoms with Gasteiger partial charge < -0.3 is 5.73 Å². The van der Waals surface area contributed by atoms with Crippen LogP contribution >= 0.6 is 0 Å². The van der Waals surface area contributed by atoms with E-state index in [1.807, 2.05) is 0 Å². The second kappa shape index (κ2) is 6.53. The molecular formula is C15H28N4. The van der Waals surface area contributed by atoms with E-state index >= 15 is 0 Å². The Kier molecular flexibility index (Phi) is 4.99. The number of nitrogens with zero attached hydrogens (tertiary/aromatic N) is 3. The lowest BCUT2D eigenvalue weighted by atomic mass is 9.97. The van der Waals surface area contributed by atoms with Crippen molar-refractivity contribution < 1.29 is 0 Å². The third-order valence-electron chi connectivity index (χ3n) is 4.21. The van der Waals surface area contributed by atoms with Crippen molar-refractivity contribution in [2.45, 2.75) is 71.6 Å². The van der Waals surface area contributed by atoms with Crippen LogP contribution in [0.1, 0.15) is 51.4 Å². The van der Waals surface area contributed by atoms with Crippen LogP contribution in [-0.2, 0) is 19.5 Å². The molecule has 2 unspecified atom stereocenters. The van der Waals surface area contributed by atoms with Crippen LogP contribution in [0.15, 0.2) is 6.07 Å². The third kappa shape index (κ3) is 3.37. The first-order valence-corrected chi connectivity index (χ1v) is 7.71. The normalized spacial score (nSPS) is 22.6. The zero-order valence-corrected chi connectivity index (χ0v) is 12.6. The molecule has 0 aliphatic carbocycles. The van der Waals surface area contributed by atoms with Gasteiger partial charge in [0.05, 0.1) is 11.4 Å². The molecule has 0 radical (unpaired) electrons. The van der Waals surface area contributed by atoms with Crippen molar-refractivity contribution in [1.82, 2.24) is 14.7 Å². The molecule has 108 valence electrons. The maximum atomic E-state index is 6.15. The van der Waals surface area contributed by atoms with Crippen LogP contribution in [0, 0.1) is 0 Å². The van der Waals surface area contributed by atoms with Gasteiger partial charge in [-0.05, 0) is 45.7 Å². The standard InChI is InChI=1S/C15H28N4/c1-4-13-10-14(19(5-2)17-13)11-18-9-7-6-8-15(18)12(3)16/h10,12,15H,4-9,11,16H2,1-3H3. The number of nitrogens with two attached hydrogens (primary N) is 1. The first kappa shape index (κ1) is 14.5. The summed E-state index contributed by atoms with van der Waals surface area (Å²) in [4.78, 5) is 2.55. The Labute approximate surface area is 117 Å². The first-order chi connectivity index (χ1) is 9.15. The molecule has 4 nitrogen and oxygen atoms in total. The molecule has 4 heteroatoms. The molecule has 2 atom stereocenters. The van der Waals surface area contributed by atoms with Gasteiger partial charge in [0.15, 0.2) is 0 Å². The van der Waals surface area contributed by atoms with Gasteiger partial charge in [0.2, 0.25) is 0 Å². The molecule has 0 amide bonds. The number of aryl methyl sites for hydroxylation is 2. The van der Waals surface area contributed by atoms with Gasteiger partial charge in [0, 0.05) is 25.2 Å². The second-order valence-electron chi connectivity index (χ2n) is 5.69. The SMILES string of the molecule is CCc1cc(CN2CCCCC2C(C)N)n(CC)n1. The van der Waals surface area contributed by atoms with Crippen LogP contribution < -0.4 is 5.73 Å². The topological polar surface area (TPSA) is 47.1 Å². The van der Waals surface area contributed by atoms with E-state index in [9.17, 15) is 0 Å².